The van der Waals surface area contributed by atoms with E-state index in [0.717, 1.165) is 4.90 Å². The molecule has 0 radical (unpaired) electrons. The van der Waals surface area contributed by atoms with E-state index in [1.807, 2.05) is 0 Å². The minimum atomic E-state index is -0.735. The maximum atomic E-state index is 13.4. The van der Waals surface area contributed by atoms with Gasteiger partial charge >= 0.3 is 5.97 Å². The maximum Gasteiger partial charge on any atom is 0.306 e. The predicted octanol–water partition coefficient (Wildman–Crippen LogP) is 2.84. The topological polar surface area (TPSA) is 46.5 Å². The number of ether oxygens (including phenoxy) is 1. The van der Waals surface area contributed by atoms with Crippen molar-refractivity contribution in [3.05, 3.63) is 29.1 Å². The molecule has 0 heterocycles. The smallest absolute Gasteiger partial charge is 0.306 e. The lowest BCUT2D eigenvalue weighted by molar-refractivity contribution is -0.140. The van der Waals surface area contributed by atoms with Gasteiger partial charge in [0.25, 0.3) is 0 Å². The second-order valence-electron chi connectivity index (χ2n) is 3.99. The molecule has 3 nitrogen and oxygen atoms in total. The van der Waals surface area contributed by atoms with Gasteiger partial charge in [-0.05, 0) is 37.1 Å². The summed E-state index contributed by atoms with van der Waals surface area (Å²) in [5.74, 6) is -0.0690. The lowest BCUT2D eigenvalue weighted by Crippen LogP contribution is -2.02. The molecule has 0 saturated heterocycles. The highest BCUT2D eigenvalue weighted by Gasteiger charge is 2.12. The van der Waals surface area contributed by atoms with E-state index in [-0.39, 0.29) is 18.2 Å². The molecule has 1 aromatic carbocycles. The molecular weight excluding hydrogens is 255 g/mol. The quantitative estimate of drug-likeness (QED) is 0.661. The standard InChI is InChI=1S/C13H17FO3S/c1-8-6-12(18-5-4-13(16)17-3)10(9(2)15)7-11(8)14/h6-7,9,15H,4-5H2,1-3H3/t9-/m1/s1. The first kappa shape index (κ1) is 15.0. The molecule has 18 heavy (non-hydrogen) atoms. The fourth-order valence-corrected chi connectivity index (χ4v) is 2.61. The van der Waals surface area contributed by atoms with Crippen LogP contribution in [-0.4, -0.2) is 23.9 Å². The maximum absolute atomic E-state index is 13.4. The third kappa shape index (κ3) is 3.99. The fourth-order valence-electron chi connectivity index (χ4n) is 1.47. The van der Waals surface area contributed by atoms with Gasteiger partial charge in [0.05, 0.1) is 19.6 Å². The first-order valence-electron chi connectivity index (χ1n) is 5.63. The summed E-state index contributed by atoms with van der Waals surface area (Å²) >= 11 is 1.41. The van der Waals surface area contributed by atoms with Crippen LogP contribution in [0.15, 0.2) is 17.0 Å². The number of esters is 1. The average molecular weight is 272 g/mol. The Kier molecular flexibility index (Phi) is 5.62. The molecule has 1 aromatic rings. The molecule has 0 aliphatic rings. The van der Waals surface area contributed by atoms with Crippen LogP contribution in [0.4, 0.5) is 4.39 Å². The van der Waals surface area contributed by atoms with E-state index in [1.54, 1.807) is 19.9 Å². The van der Waals surface area contributed by atoms with Crippen molar-refractivity contribution in [2.45, 2.75) is 31.3 Å². The zero-order chi connectivity index (χ0) is 13.7. The molecular formula is C13H17FO3S. The van der Waals surface area contributed by atoms with E-state index in [0.29, 0.717) is 16.9 Å². The number of hydrogen-bond acceptors (Lipinski definition) is 4. The molecule has 0 spiro atoms. The van der Waals surface area contributed by atoms with Crippen LogP contribution in [-0.2, 0) is 9.53 Å². The number of aryl methyl sites for hydroxylation is 1. The van der Waals surface area contributed by atoms with Gasteiger partial charge in [-0.1, -0.05) is 0 Å². The van der Waals surface area contributed by atoms with Crippen molar-refractivity contribution in [2.75, 3.05) is 12.9 Å². The highest BCUT2D eigenvalue weighted by molar-refractivity contribution is 7.99. The van der Waals surface area contributed by atoms with Crippen molar-refractivity contribution >= 4 is 17.7 Å². The van der Waals surface area contributed by atoms with E-state index in [9.17, 15) is 14.3 Å². The number of rotatable bonds is 5. The monoisotopic (exact) mass is 272 g/mol. The Morgan fingerprint density at radius 1 is 1.56 bits per heavy atom. The normalized spacial score (nSPS) is 12.3. The molecule has 1 N–H and O–H groups in total. The van der Waals surface area contributed by atoms with Crippen LogP contribution in [0.25, 0.3) is 0 Å². The summed E-state index contributed by atoms with van der Waals surface area (Å²) < 4.78 is 18.0. The lowest BCUT2D eigenvalue weighted by Gasteiger charge is -2.13. The molecule has 0 aromatic heterocycles. The molecule has 5 heteroatoms. The minimum Gasteiger partial charge on any atom is -0.469 e. The van der Waals surface area contributed by atoms with E-state index >= 15 is 0 Å². The fraction of sp³-hybridized carbons (Fsp3) is 0.462. The van der Waals surface area contributed by atoms with Gasteiger partial charge in [0, 0.05) is 10.6 Å². The molecule has 100 valence electrons. The van der Waals surface area contributed by atoms with Crippen molar-refractivity contribution in [1.29, 1.82) is 0 Å². The molecule has 0 unspecified atom stereocenters. The molecule has 1 rings (SSSR count). The van der Waals surface area contributed by atoms with E-state index in [2.05, 4.69) is 4.74 Å². The number of methoxy groups -OCH3 is 1. The first-order valence-corrected chi connectivity index (χ1v) is 6.62. The zero-order valence-corrected chi connectivity index (χ0v) is 11.5. The van der Waals surface area contributed by atoms with Gasteiger partial charge in [-0.3, -0.25) is 4.79 Å². The summed E-state index contributed by atoms with van der Waals surface area (Å²) in [5.41, 5.74) is 1.08. The molecule has 0 saturated carbocycles. The van der Waals surface area contributed by atoms with Crippen molar-refractivity contribution in [3.63, 3.8) is 0 Å². The second-order valence-corrected chi connectivity index (χ2v) is 5.13. The first-order chi connectivity index (χ1) is 8.45. The number of hydrogen-bond donors (Lipinski definition) is 1. The molecule has 0 bridgehead atoms. The largest absolute Gasteiger partial charge is 0.469 e. The zero-order valence-electron chi connectivity index (χ0n) is 10.7. The predicted molar refractivity (Wildman–Crippen MR) is 69.1 cm³/mol. The van der Waals surface area contributed by atoms with E-state index in [1.165, 1.54) is 24.9 Å². The third-order valence-electron chi connectivity index (χ3n) is 2.53. The molecule has 1 atom stereocenters. The number of benzene rings is 1. The Balaban J connectivity index is 2.80. The van der Waals surface area contributed by atoms with Gasteiger partial charge in [-0.15, -0.1) is 11.8 Å². The Morgan fingerprint density at radius 2 is 2.22 bits per heavy atom. The summed E-state index contributed by atoms with van der Waals surface area (Å²) in [7, 11) is 1.34. The number of carbonyl (C=O) groups excluding carboxylic acids is 1. The molecule has 0 aliphatic carbocycles. The van der Waals surface area contributed by atoms with Gasteiger partial charge in [0.2, 0.25) is 0 Å². The summed E-state index contributed by atoms with van der Waals surface area (Å²) in [6.45, 7) is 3.26. The summed E-state index contributed by atoms with van der Waals surface area (Å²) in [6, 6.07) is 3.04. The van der Waals surface area contributed by atoms with Crippen LogP contribution in [0.1, 0.15) is 30.6 Å². The number of thioether (sulfide) groups is 1. The highest BCUT2D eigenvalue weighted by Crippen LogP contribution is 2.30. The summed E-state index contributed by atoms with van der Waals surface area (Å²) in [5, 5.41) is 9.60. The van der Waals surface area contributed by atoms with Crippen LogP contribution in [0, 0.1) is 12.7 Å². The van der Waals surface area contributed by atoms with Gasteiger partial charge in [0.15, 0.2) is 0 Å². The minimum absolute atomic E-state index is 0.278. The van der Waals surface area contributed by atoms with Crippen LogP contribution >= 0.6 is 11.8 Å². The van der Waals surface area contributed by atoms with Gasteiger partial charge in [-0.2, -0.15) is 0 Å². The lowest BCUT2D eigenvalue weighted by atomic mass is 10.1. The van der Waals surface area contributed by atoms with Gasteiger partial charge in [0.1, 0.15) is 5.82 Å². The van der Waals surface area contributed by atoms with E-state index < -0.39 is 6.10 Å². The third-order valence-corrected chi connectivity index (χ3v) is 3.61. The van der Waals surface area contributed by atoms with Crippen molar-refractivity contribution in [3.8, 4) is 0 Å². The van der Waals surface area contributed by atoms with Crippen LogP contribution in [0.2, 0.25) is 0 Å². The van der Waals surface area contributed by atoms with Crippen molar-refractivity contribution in [1.82, 2.24) is 0 Å². The summed E-state index contributed by atoms with van der Waals surface area (Å²) in [6.07, 6.45) is -0.447. The van der Waals surface area contributed by atoms with Crippen molar-refractivity contribution < 1.29 is 19.0 Å². The van der Waals surface area contributed by atoms with E-state index in [4.69, 9.17) is 0 Å². The SMILES string of the molecule is COC(=O)CCSc1cc(C)c(F)cc1[C@@H](C)O. The number of halogens is 1. The van der Waals surface area contributed by atoms with Gasteiger partial charge in [-0.25, -0.2) is 4.39 Å². The Morgan fingerprint density at radius 3 is 2.78 bits per heavy atom. The Bertz CT molecular complexity index is 432. The Labute approximate surface area is 110 Å². The number of aliphatic hydroxyl groups is 1. The van der Waals surface area contributed by atoms with Crippen LogP contribution in [0.5, 0.6) is 0 Å². The van der Waals surface area contributed by atoms with Crippen molar-refractivity contribution in [2.24, 2.45) is 0 Å². The van der Waals surface area contributed by atoms with Gasteiger partial charge < -0.3 is 9.84 Å². The van der Waals surface area contributed by atoms with Crippen LogP contribution in [0.3, 0.4) is 0 Å². The second kappa shape index (κ2) is 6.75. The molecule has 0 aliphatic heterocycles. The highest BCUT2D eigenvalue weighted by atomic mass is 32.2. The average Bonchev–Trinajstić information content (AvgIpc) is 2.32. The summed E-state index contributed by atoms with van der Waals surface area (Å²) in [4.78, 5) is 11.8. The Hall–Kier alpha value is -1.07. The number of aliphatic hydroxyl groups excluding tert-OH is 1. The number of carbonyl (C=O) groups is 1. The molecule has 0 fully saturated rings. The molecule has 0 amide bonds. The van der Waals surface area contributed by atoms with Crippen LogP contribution < -0.4 is 0 Å².